The number of nitrogens with zero attached hydrogens (tertiary/aromatic N) is 3. The molecular weight excluding hydrogens is 236 g/mol. The lowest BCUT2D eigenvalue weighted by molar-refractivity contribution is -0.126. The smallest absolute Gasteiger partial charge is 0.376 e. The zero-order valence-corrected chi connectivity index (χ0v) is 10.9. The van der Waals surface area contributed by atoms with Gasteiger partial charge in [-0.2, -0.15) is 0 Å². The summed E-state index contributed by atoms with van der Waals surface area (Å²) in [5, 5.41) is 2.84. The van der Waals surface area contributed by atoms with E-state index in [0.717, 1.165) is 0 Å². The number of aromatic nitrogens is 2. The van der Waals surface area contributed by atoms with E-state index in [-0.39, 0.29) is 18.3 Å². The van der Waals surface area contributed by atoms with E-state index in [2.05, 4.69) is 20.0 Å². The molecule has 0 fully saturated rings. The minimum atomic E-state index is -0.610. The molecule has 1 N–H and O–H groups in total. The number of anilines is 1. The van der Waals surface area contributed by atoms with Crippen molar-refractivity contribution >= 4 is 17.7 Å². The van der Waals surface area contributed by atoms with Gasteiger partial charge in [0.1, 0.15) is 5.82 Å². The van der Waals surface area contributed by atoms with Gasteiger partial charge < -0.3 is 15.0 Å². The van der Waals surface area contributed by atoms with Crippen LogP contribution < -0.4 is 5.32 Å². The van der Waals surface area contributed by atoms with Crippen molar-refractivity contribution in [1.82, 2.24) is 14.9 Å². The third-order valence-corrected chi connectivity index (χ3v) is 2.14. The fraction of sp³-hybridized carbons (Fsp3) is 0.455. The summed E-state index contributed by atoms with van der Waals surface area (Å²) in [7, 11) is 4.58. The summed E-state index contributed by atoms with van der Waals surface area (Å²) in [4.78, 5) is 32.1. The average Bonchev–Trinajstić information content (AvgIpc) is 2.34. The number of carbonyl (C=O) groups excluding carboxylic acids is 2. The van der Waals surface area contributed by atoms with Gasteiger partial charge in [-0.3, -0.25) is 4.79 Å². The van der Waals surface area contributed by atoms with E-state index < -0.39 is 5.97 Å². The second-order valence-electron chi connectivity index (χ2n) is 3.85. The van der Waals surface area contributed by atoms with Gasteiger partial charge in [0.15, 0.2) is 0 Å². The lowest BCUT2D eigenvalue weighted by Gasteiger charge is -2.11. The van der Waals surface area contributed by atoms with E-state index >= 15 is 0 Å². The number of carbonyl (C=O) groups is 2. The fourth-order valence-electron chi connectivity index (χ4n) is 1.17. The van der Waals surface area contributed by atoms with Crippen molar-refractivity contribution in [3.63, 3.8) is 0 Å². The molecule has 0 spiro atoms. The summed E-state index contributed by atoms with van der Waals surface area (Å²) in [5.74, 6) is -0.318. The Morgan fingerprint density at radius 3 is 2.61 bits per heavy atom. The second-order valence-corrected chi connectivity index (χ2v) is 3.85. The first kappa shape index (κ1) is 13.9. The summed E-state index contributed by atoms with van der Waals surface area (Å²) in [6.07, 6.45) is 0. The molecule has 7 heteroatoms. The standard InChI is InChI=1S/C11H16N4O3/c1-7-5-8(12-6-9(16)15(2)3)14-10(13-7)11(17)18-4/h5H,6H2,1-4H3,(H,12,13,14). The molecule has 0 saturated carbocycles. The maximum Gasteiger partial charge on any atom is 0.376 e. The first-order valence-electron chi connectivity index (χ1n) is 5.32. The van der Waals surface area contributed by atoms with Crippen LogP contribution in [0.25, 0.3) is 0 Å². The molecule has 1 heterocycles. The Morgan fingerprint density at radius 1 is 1.39 bits per heavy atom. The summed E-state index contributed by atoms with van der Waals surface area (Å²) < 4.78 is 4.54. The molecule has 0 aliphatic heterocycles. The van der Waals surface area contributed by atoms with Gasteiger partial charge >= 0.3 is 5.97 Å². The van der Waals surface area contributed by atoms with Crippen LogP contribution in [0.1, 0.15) is 16.3 Å². The molecule has 0 radical (unpaired) electrons. The summed E-state index contributed by atoms with van der Waals surface area (Å²) in [6, 6.07) is 1.65. The predicted molar refractivity (Wildman–Crippen MR) is 65.3 cm³/mol. The molecule has 7 nitrogen and oxygen atoms in total. The van der Waals surface area contributed by atoms with Crippen LogP contribution in [0.15, 0.2) is 6.07 Å². The van der Waals surface area contributed by atoms with Crippen molar-refractivity contribution in [2.24, 2.45) is 0 Å². The molecule has 0 bridgehead atoms. The Morgan fingerprint density at radius 2 is 2.06 bits per heavy atom. The van der Waals surface area contributed by atoms with Crippen molar-refractivity contribution in [3.05, 3.63) is 17.6 Å². The predicted octanol–water partition coefficient (Wildman–Crippen LogP) is 0.0717. The van der Waals surface area contributed by atoms with Crippen molar-refractivity contribution in [2.45, 2.75) is 6.92 Å². The minimum absolute atomic E-state index is 0.0303. The van der Waals surface area contributed by atoms with Crippen LogP contribution in [0.3, 0.4) is 0 Å². The van der Waals surface area contributed by atoms with Gasteiger partial charge in [0, 0.05) is 25.9 Å². The van der Waals surface area contributed by atoms with Crippen LogP contribution in [0, 0.1) is 6.92 Å². The van der Waals surface area contributed by atoms with E-state index in [1.54, 1.807) is 27.1 Å². The number of rotatable bonds is 4. The molecular formula is C11H16N4O3. The molecule has 0 aliphatic rings. The van der Waals surface area contributed by atoms with Gasteiger partial charge in [-0.25, -0.2) is 14.8 Å². The van der Waals surface area contributed by atoms with E-state index in [4.69, 9.17) is 0 Å². The van der Waals surface area contributed by atoms with Crippen LogP contribution in [0.4, 0.5) is 5.82 Å². The monoisotopic (exact) mass is 252 g/mol. The van der Waals surface area contributed by atoms with Gasteiger partial charge in [-0.1, -0.05) is 0 Å². The number of methoxy groups -OCH3 is 1. The zero-order valence-electron chi connectivity index (χ0n) is 10.9. The molecule has 98 valence electrons. The highest BCUT2D eigenvalue weighted by molar-refractivity contribution is 5.85. The summed E-state index contributed by atoms with van der Waals surface area (Å²) in [6.45, 7) is 1.83. The zero-order chi connectivity index (χ0) is 13.7. The number of ether oxygens (including phenoxy) is 1. The van der Waals surface area contributed by atoms with Crippen molar-refractivity contribution in [2.75, 3.05) is 33.1 Å². The SMILES string of the molecule is COC(=O)c1nc(C)cc(NCC(=O)N(C)C)n1. The highest BCUT2D eigenvalue weighted by atomic mass is 16.5. The van der Waals surface area contributed by atoms with Gasteiger partial charge in [0.2, 0.25) is 11.7 Å². The number of aryl methyl sites for hydroxylation is 1. The largest absolute Gasteiger partial charge is 0.463 e. The third kappa shape index (κ3) is 3.69. The lowest BCUT2D eigenvalue weighted by atomic mass is 10.4. The summed E-state index contributed by atoms with van der Waals surface area (Å²) in [5.41, 5.74) is 0.616. The highest BCUT2D eigenvalue weighted by Gasteiger charge is 2.12. The summed E-state index contributed by atoms with van der Waals surface area (Å²) >= 11 is 0. The maximum atomic E-state index is 11.4. The molecule has 18 heavy (non-hydrogen) atoms. The Hall–Kier alpha value is -2.18. The molecule has 0 aromatic carbocycles. The van der Waals surface area contributed by atoms with Gasteiger partial charge in [0.05, 0.1) is 13.7 Å². The normalized spacial score (nSPS) is 9.78. The topological polar surface area (TPSA) is 84.4 Å². The van der Waals surface area contributed by atoms with E-state index in [0.29, 0.717) is 11.5 Å². The van der Waals surface area contributed by atoms with E-state index in [9.17, 15) is 9.59 Å². The number of hydrogen-bond donors (Lipinski definition) is 1. The number of hydrogen-bond acceptors (Lipinski definition) is 6. The molecule has 0 saturated heterocycles. The van der Waals surface area contributed by atoms with Gasteiger partial charge in [-0.05, 0) is 6.92 Å². The van der Waals surface area contributed by atoms with Crippen molar-refractivity contribution in [3.8, 4) is 0 Å². The molecule has 0 unspecified atom stereocenters. The number of likely N-dealkylation sites (N-methyl/N-ethyl adjacent to an activating group) is 1. The first-order chi connectivity index (χ1) is 8.43. The maximum absolute atomic E-state index is 11.4. The Kier molecular flexibility index (Phi) is 4.59. The first-order valence-corrected chi connectivity index (χ1v) is 5.32. The van der Waals surface area contributed by atoms with Crippen LogP contribution in [0.5, 0.6) is 0 Å². The number of nitrogens with one attached hydrogen (secondary N) is 1. The Balaban J connectivity index is 2.80. The molecule has 1 aromatic rings. The molecule has 0 aliphatic carbocycles. The van der Waals surface area contributed by atoms with Gasteiger partial charge in [0.25, 0.3) is 0 Å². The van der Waals surface area contributed by atoms with Crippen LogP contribution in [-0.2, 0) is 9.53 Å². The second kappa shape index (κ2) is 5.95. The number of amides is 1. The van der Waals surface area contributed by atoms with Crippen molar-refractivity contribution < 1.29 is 14.3 Å². The average molecular weight is 252 g/mol. The van der Waals surface area contributed by atoms with Crippen LogP contribution >= 0.6 is 0 Å². The minimum Gasteiger partial charge on any atom is -0.463 e. The Bertz CT molecular complexity index is 460. The highest BCUT2D eigenvalue weighted by Crippen LogP contribution is 2.06. The van der Waals surface area contributed by atoms with E-state index in [1.807, 2.05) is 0 Å². The molecule has 1 amide bonds. The van der Waals surface area contributed by atoms with E-state index in [1.165, 1.54) is 12.0 Å². The van der Waals surface area contributed by atoms with Crippen molar-refractivity contribution in [1.29, 1.82) is 0 Å². The number of esters is 1. The third-order valence-electron chi connectivity index (χ3n) is 2.14. The lowest BCUT2D eigenvalue weighted by Crippen LogP contribution is -2.29. The molecule has 1 aromatic heterocycles. The fourth-order valence-corrected chi connectivity index (χ4v) is 1.17. The quantitative estimate of drug-likeness (QED) is 0.763. The Labute approximate surface area is 105 Å². The molecule has 1 rings (SSSR count). The van der Waals surface area contributed by atoms with Crippen LogP contribution in [0.2, 0.25) is 0 Å². The van der Waals surface area contributed by atoms with Crippen LogP contribution in [-0.4, -0.2) is 54.5 Å². The van der Waals surface area contributed by atoms with Gasteiger partial charge in [-0.15, -0.1) is 0 Å². The molecule has 0 atom stereocenters.